The predicted molar refractivity (Wildman–Crippen MR) is 517 cm³/mol. The van der Waals surface area contributed by atoms with Crippen LogP contribution in [0.4, 0.5) is 0 Å². The molecule has 4 aromatic carbocycles. The van der Waals surface area contributed by atoms with E-state index in [1.54, 1.807) is 0 Å². The van der Waals surface area contributed by atoms with Crippen molar-refractivity contribution in [2.45, 2.75) is 184 Å². The third kappa shape index (κ3) is 17.5. The molecule has 0 spiro atoms. The largest absolute Gasteiger partial charge is 0.354 e. The van der Waals surface area contributed by atoms with Crippen LogP contribution >= 0.6 is 90.7 Å². The Morgan fingerprint density at radius 1 is 0.216 bits per heavy atom. The molecule has 0 unspecified atom stereocenters. The molecular formula is C104H102N4S8. The molecule has 0 radical (unpaired) electrons. The molecule has 0 saturated heterocycles. The third-order valence-electron chi connectivity index (χ3n) is 23.3. The van der Waals surface area contributed by atoms with Gasteiger partial charge in [-0.25, -0.2) is 9.97 Å². The summed E-state index contributed by atoms with van der Waals surface area (Å²) < 4.78 is 0. The highest BCUT2D eigenvalue weighted by Crippen LogP contribution is 2.48. The summed E-state index contributed by atoms with van der Waals surface area (Å²) in [5, 5.41) is 0. The van der Waals surface area contributed by atoms with Crippen molar-refractivity contribution < 1.29 is 0 Å². The lowest BCUT2D eigenvalue weighted by molar-refractivity contribution is 0.666. The fraction of sp³-hybridized carbons (Fsp3) is 0.269. The van der Waals surface area contributed by atoms with Crippen molar-refractivity contribution in [1.82, 2.24) is 19.9 Å². The molecule has 0 atom stereocenters. The van der Waals surface area contributed by atoms with Crippen molar-refractivity contribution in [3.05, 3.63) is 259 Å². The molecule has 0 fully saturated rings. The number of aromatic nitrogens is 4. The van der Waals surface area contributed by atoms with Gasteiger partial charge in [-0.1, -0.05) is 202 Å². The molecule has 116 heavy (non-hydrogen) atoms. The van der Waals surface area contributed by atoms with Crippen LogP contribution in [-0.2, 0) is 25.7 Å². The van der Waals surface area contributed by atoms with E-state index in [2.05, 4.69) is 284 Å². The molecule has 17 rings (SSSR count). The Bertz CT molecular complexity index is 5450. The Morgan fingerprint density at radius 2 is 0.422 bits per heavy atom. The van der Waals surface area contributed by atoms with Crippen LogP contribution in [0.5, 0.6) is 0 Å². The maximum atomic E-state index is 5.83. The highest BCUT2D eigenvalue weighted by atomic mass is 32.1. The number of hydrogen-bond donors (Lipinski definition) is 2. The summed E-state index contributed by atoms with van der Waals surface area (Å²) in [6, 6.07) is 74.4. The summed E-state index contributed by atoms with van der Waals surface area (Å²) in [6.45, 7) is 18.4. The molecule has 2 aliphatic heterocycles. The van der Waals surface area contributed by atoms with E-state index in [-0.39, 0.29) is 0 Å². The summed E-state index contributed by atoms with van der Waals surface area (Å²) >= 11 is 15.3. The van der Waals surface area contributed by atoms with Crippen LogP contribution in [0.3, 0.4) is 0 Å². The minimum absolute atomic E-state index is 0.888. The molecule has 0 aliphatic carbocycles. The van der Waals surface area contributed by atoms with Gasteiger partial charge >= 0.3 is 0 Å². The Hall–Kier alpha value is -8.92. The highest BCUT2D eigenvalue weighted by Gasteiger charge is 2.23. The first kappa shape index (κ1) is 79.5. The third-order valence-corrected chi connectivity index (χ3v) is 33.0. The van der Waals surface area contributed by atoms with Gasteiger partial charge in [-0.2, -0.15) is 0 Å². The zero-order valence-electron chi connectivity index (χ0n) is 68.1. The summed E-state index contributed by atoms with van der Waals surface area (Å²) in [7, 11) is 0. The number of aromatic amines is 2. The van der Waals surface area contributed by atoms with Gasteiger partial charge < -0.3 is 9.97 Å². The number of H-pyrrole nitrogens is 2. The van der Waals surface area contributed by atoms with Crippen LogP contribution in [0.1, 0.15) is 195 Å². The molecule has 2 aliphatic rings. The summed E-state index contributed by atoms with van der Waals surface area (Å²) in [5.74, 6) is 0. The smallest absolute Gasteiger partial charge is 0.0737 e. The first-order chi connectivity index (χ1) is 56.9. The number of unbranched alkanes of at least 4 members (excludes halogenated alkanes) is 12. The number of aryl methyl sites for hydroxylation is 8. The van der Waals surface area contributed by atoms with E-state index in [0.29, 0.717) is 0 Å². The van der Waals surface area contributed by atoms with E-state index >= 15 is 0 Å². The quantitative estimate of drug-likeness (QED) is 0.0413. The Labute approximate surface area is 718 Å². The van der Waals surface area contributed by atoms with Crippen molar-refractivity contribution in [3.8, 4) is 125 Å². The van der Waals surface area contributed by atoms with E-state index in [0.717, 1.165) is 115 Å². The lowest BCUT2D eigenvalue weighted by atomic mass is 10.0. The monoisotopic (exact) mass is 1660 g/mol. The fourth-order valence-corrected chi connectivity index (χ4v) is 25.3. The first-order valence-electron chi connectivity index (χ1n) is 42.3. The molecule has 15 aromatic rings. The van der Waals surface area contributed by atoms with E-state index in [9.17, 15) is 0 Å². The van der Waals surface area contributed by atoms with Crippen LogP contribution < -0.4 is 0 Å². The Morgan fingerprint density at radius 3 is 0.638 bits per heavy atom. The molecule has 13 heterocycles. The summed E-state index contributed by atoms with van der Waals surface area (Å²) in [6.07, 6.45) is 34.0. The standard InChI is InChI=1S/C104H102N4S8/c1-9-13-17-21-25-77-61-97(109-65(77)5)93-57-53-89(113-93)69-29-37-73(38-30-69)101-81-45-47-83(105-81)102(74-39-31-70(32-40-74)90-54-58-94(114-90)98-62-78(66(6)110-98)26-22-18-14-10-2)85-49-51-87(107-85)104(76-43-35-72(36-44-76)92-56-60-96(116-92)100-64-80(68(8)112-100)28-24-20-16-12-4)88-52-50-86(108-88)103(84-48-46-82(101)106-84)75-41-33-71(34-42-75)91-55-59-95(115-91)99-63-79(67(7)111-99)27-23-19-15-11-3/h29-64,105,108H,9-28H2,1-8H3. The van der Waals surface area contributed by atoms with Gasteiger partial charge in [0.25, 0.3) is 0 Å². The minimum atomic E-state index is 0.888. The summed E-state index contributed by atoms with van der Waals surface area (Å²) in [4.78, 5) is 41.5. The van der Waals surface area contributed by atoms with E-state index in [1.807, 2.05) is 90.7 Å². The lowest BCUT2D eigenvalue weighted by Gasteiger charge is -2.08. The SMILES string of the molecule is CCCCCCc1cc(-c2ccc(-c3ccc(-c4c5nc(c(-c6ccc(-c7ccc(-c8cc(CCCCCC)c(C)s8)s7)cc6)c6ccc([nH]6)c(-c6ccc(-c7ccc(-c8cc(CCCCCC)c(C)s8)s7)cc6)c6nc(c(-c7ccc(-c8ccc(-c9cc(CCCCCC)c(C)s9)s8)cc7)c7ccc4[nH]7)C=C6)C=C5)cc3)s2)sc1C. The van der Waals surface area contributed by atoms with Gasteiger partial charge in [-0.15, -0.1) is 90.7 Å². The second-order valence-corrected chi connectivity index (χ2v) is 40.8. The normalized spacial score (nSPS) is 12.1. The Kier molecular flexibility index (Phi) is 25.0. The minimum Gasteiger partial charge on any atom is -0.354 e. The maximum Gasteiger partial charge on any atom is 0.0737 e. The molecular weight excluding hydrogens is 1560 g/mol. The van der Waals surface area contributed by atoms with Gasteiger partial charge in [0, 0.05) is 122 Å². The van der Waals surface area contributed by atoms with Crippen LogP contribution in [-0.4, -0.2) is 19.9 Å². The average Bonchev–Trinajstić information content (AvgIpc) is 1.63. The van der Waals surface area contributed by atoms with Crippen molar-refractivity contribution in [2.75, 3.05) is 0 Å². The van der Waals surface area contributed by atoms with Gasteiger partial charge in [0.1, 0.15) is 0 Å². The van der Waals surface area contributed by atoms with Crippen LogP contribution in [0.2, 0.25) is 0 Å². The molecule has 0 saturated carbocycles. The Balaban J connectivity index is 0.797. The first-order valence-corrected chi connectivity index (χ1v) is 48.8. The number of fused-ring (bicyclic) bond motifs is 8. The molecule has 586 valence electrons. The number of benzene rings is 4. The number of nitrogens with zero attached hydrogens (tertiary/aromatic N) is 2. The number of thiophene rings is 8. The molecule has 0 amide bonds. The van der Waals surface area contributed by atoms with Crippen molar-refractivity contribution in [3.63, 3.8) is 0 Å². The molecule has 11 aromatic heterocycles. The zero-order valence-corrected chi connectivity index (χ0v) is 74.6. The van der Waals surface area contributed by atoms with Gasteiger partial charge in [0.2, 0.25) is 0 Å². The van der Waals surface area contributed by atoms with Gasteiger partial charge in [0.15, 0.2) is 0 Å². The lowest BCUT2D eigenvalue weighted by Crippen LogP contribution is -1.90. The second kappa shape index (κ2) is 36.5. The van der Waals surface area contributed by atoms with Crippen LogP contribution in [0.15, 0.2) is 194 Å². The van der Waals surface area contributed by atoms with E-state index < -0.39 is 0 Å². The fourth-order valence-electron chi connectivity index (χ4n) is 16.7. The van der Waals surface area contributed by atoms with Gasteiger partial charge in [-0.3, -0.25) is 0 Å². The summed E-state index contributed by atoms with van der Waals surface area (Å²) in [5.41, 5.74) is 26.7. The van der Waals surface area contributed by atoms with Crippen molar-refractivity contribution in [1.29, 1.82) is 0 Å². The average molecular weight is 1660 g/mol. The van der Waals surface area contributed by atoms with E-state index in [4.69, 9.17) is 9.97 Å². The van der Waals surface area contributed by atoms with Gasteiger partial charge in [0.05, 0.1) is 22.8 Å². The molecule has 4 nitrogen and oxygen atoms in total. The molecule has 2 N–H and O–H groups in total. The predicted octanol–water partition coefficient (Wildman–Crippen LogP) is 34.9. The number of nitrogens with one attached hydrogen (secondary N) is 2. The van der Waals surface area contributed by atoms with Gasteiger partial charge in [-0.05, 0) is 267 Å². The number of rotatable bonds is 32. The van der Waals surface area contributed by atoms with Crippen LogP contribution in [0.25, 0.3) is 172 Å². The highest BCUT2D eigenvalue weighted by molar-refractivity contribution is 7.25. The zero-order chi connectivity index (χ0) is 79.2. The topological polar surface area (TPSA) is 57.4 Å². The van der Waals surface area contributed by atoms with E-state index in [1.165, 1.54) is 225 Å². The molecule has 12 heteroatoms. The number of hydrogen-bond acceptors (Lipinski definition) is 10. The van der Waals surface area contributed by atoms with Crippen LogP contribution in [0, 0.1) is 27.7 Å². The molecule has 8 bridgehead atoms. The second-order valence-electron chi connectivity index (χ2n) is 31.5. The maximum absolute atomic E-state index is 5.83. The van der Waals surface area contributed by atoms with Crippen molar-refractivity contribution in [2.24, 2.45) is 0 Å². The van der Waals surface area contributed by atoms with Crippen molar-refractivity contribution >= 4 is 137 Å².